The fourth-order valence-corrected chi connectivity index (χ4v) is 8.26. The van der Waals surface area contributed by atoms with E-state index in [1.807, 2.05) is 6.92 Å². The predicted octanol–water partition coefficient (Wildman–Crippen LogP) is 4.53. The summed E-state index contributed by atoms with van der Waals surface area (Å²) in [7, 11) is 1.62. The largest absolute Gasteiger partial charge is 0.472 e. The van der Waals surface area contributed by atoms with E-state index in [0.717, 1.165) is 51.4 Å². The van der Waals surface area contributed by atoms with E-state index in [4.69, 9.17) is 18.9 Å². The van der Waals surface area contributed by atoms with Crippen LogP contribution in [0.3, 0.4) is 0 Å². The van der Waals surface area contributed by atoms with E-state index < -0.39 is 17.9 Å². The predicted molar refractivity (Wildman–Crippen MR) is 122 cm³/mol. The Morgan fingerprint density at radius 3 is 2.58 bits per heavy atom. The molecule has 0 radical (unpaired) electrons. The molecule has 1 spiro atoms. The van der Waals surface area contributed by atoms with Crippen LogP contribution in [0.25, 0.3) is 0 Å². The van der Waals surface area contributed by atoms with Gasteiger partial charge in [0, 0.05) is 31.3 Å². The summed E-state index contributed by atoms with van der Waals surface area (Å²) in [4.78, 5) is 11.4. The van der Waals surface area contributed by atoms with Crippen molar-refractivity contribution in [1.29, 1.82) is 0 Å². The maximum absolute atomic E-state index is 11.4. The van der Waals surface area contributed by atoms with Crippen molar-refractivity contribution in [3.63, 3.8) is 0 Å². The summed E-state index contributed by atoms with van der Waals surface area (Å²) in [5.41, 5.74) is 0.728. The topological polar surface area (TPSA) is 74.2 Å². The van der Waals surface area contributed by atoms with Crippen molar-refractivity contribution in [2.24, 2.45) is 28.6 Å². The van der Waals surface area contributed by atoms with Crippen LogP contribution >= 0.6 is 0 Å². The van der Waals surface area contributed by atoms with Crippen LogP contribution in [0.4, 0.5) is 0 Å². The molecule has 0 aromatic carbocycles. The highest BCUT2D eigenvalue weighted by Crippen LogP contribution is 2.68. The van der Waals surface area contributed by atoms with Crippen LogP contribution in [0.15, 0.2) is 11.6 Å². The van der Waals surface area contributed by atoms with Crippen LogP contribution in [0, 0.1) is 40.4 Å². The molecule has 1 N–H and O–H groups in total. The molecule has 6 heteroatoms. The molecule has 5 aliphatic rings. The van der Waals surface area contributed by atoms with Crippen LogP contribution in [-0.4, -0.2) is 49.1 Å². The minimum atomic E-state index is -1.10. The zero-order chi connectivity index (χ0) is 23.5. The lowest BCUT2D eigenvalue weighted by Gasteiger charge is -2.59. The number of rotatable bonds is 3. The lowest BCUT2D eigenvalue weighted by atomic mass is 9.46. The second kappa shape index (κ2) is 8.09. The van der Waals surface area contributed by atoms with Gasteiger partial charge in [0.2, 0.25) is 0 Å². The van der Waals surface area contributed by atoms with Crippen molar-refractivity contribution in [2.45, 2.75) is 89.8 Å². The number of carbonyl (C=O) groups is 1. The average Bonchev–Trinajstić information content (AvgIpc) is 3.35. The summed E-state index contributed by atoms with van der Waals surface area (Å²) in [5, 5.41) is 9.31. The Morgan fingerprint density at radius 2 is 1.88 bits per heavy atom. The number of ether oxygens (including phenoxy) is 4. The van der Waals surface area contributed by atoms with Gasteiger partial charge in [0.1, 0.15) is 5.60 Å². The molecule has 1 saturated heterocycles. The molecular formula is C27H38O6. The van der Waals surface area contributed by atoms with E-state index in [1.54, 1.807) is 7.11 Å². The number of hydrogen-bond acceptors (Lipinski definition) is 5. The third-order valence-corrected chi connectivity index (χ3v) is 10.1. The van der Waals surface area contributed by atoms with Gasteiger partial charge in [-0.15, -0.1) is 0 Å². The van der Waals surface area contributed by atoms with E-state index >= 15 is 0 Å². The molecule has 5 rings (SSSR count). The molecule has 0 aromatic heterocycles. The molecule has 1 heterocycles. The molecule has 4 aliphatic carbocycles. The van der Waals surface area contributed by atoms with E-state index in [9.17, 15) is 9.90 Å². The number of carboxylic acid groups (broad SMARTS) is 1. The van der Waals surface area contributed by atoms with Gasteiger partial charge in [-0.3, -0.25) is 0 Å². The number of hydrogen-bond donors (Lipinski definition) is 1. The van der Waals surface area contributed by atoms with Crippen molar-refractivity contribution in [3.8, 4) is 11.8 Å². The molecule has 33 heavy (non-hydrogen) atoms. The molecule has 6 nitrogen and oxygen atoms in total. The number of aliphatic carboxylic acids is 1. The normalized spacial score (nSPS) is 44.1. The third kappa shape index (κ3) is 3.50. The monoisotopic (exact) mass is 458 g/mol. The van der Waals surface area contributed by atoms with Crippen molar-refractivity contribution < 1.29 is 28.8 Å². The van der Waals surface area contributed by atoms with Crippen molar-refractivity contribution >= 4 is 5.97 Å². The van der Waals surface area contributed by atoms with Gasteiger partial charge in [-0.1, -0.05) is 31.4 Å². The minimum Gasteiger partial charge on any atom is -0.472 e. The first kappa shape index (κ1) is 23.4. The zero-order valence-corrected chi connectivity index (χ0v) is 20.4. The molecule has 1 unspecified atom stereocenters. The van der Waals surface area contributed by atoms with Crippen molar-refractivity contribution in [1.82, 2.24) is 0 Å². The van der Waals surface area contributed by atoms with Crippen molar-refractivity contribution in [2.75, 3.05) is 20.3 Å². The van der Waals surface area contributed by atoms with Crippen LogP contribution in [0.2, 0.25) is 0 Å². The first-order chi connectivity index (χ1) is 15.7. The average molecular weight is 459 g/mol. The van der Waals surface area contributed by atoms with Gasteiger partial charge in [0.25, 0.3) is 0 Å². The standard InChI is InChI=1S/C27H38O6/c1-18(30-4)33-26(12-9-23(28)29)11-8-22-20-6-5-19-17-27(31-15-16-32-27)14-13-24(19,2)21(20)7-10-25(22,26)3/h5,18,20-22H,6-8,10-11,13-17H2,1-4H3,(H,28,29)/t18?,20-,21+,22+,24+,25+,26-/m1/s1. The maximum Gasteiger partial charge on any atom is 0.382 e. The number of carboxylic acids is 1. The lowest BCUT2D eigenvalue weighted by molar-refractivity contribution is -0.216. The quantitative estimate of drug-likeness (QED) is 0.381. The Kier molecular flexibility index (Phi) is 5.72. The van der Waals surface area contributed by atoms with Gasteiger partial charge in [-0.2, -0.15) is 0 Å². The number of fused-ring (bicyclic) bond motifs is 5. The Labute approximate surface area is 197 Å². The highest BCUT2D eigenvalue weighted by molar-refractivity contribution is 5.86. The maximum atomic E-state index is 11.4. The van der Waals surface area contributed by atoms with E-state index in [1.165, 1.54) is 5.57 Å². The SMILES string of the molecule is COC(C)O[C@@]1(C#CC(=O)O)CC[C@H]2[C@@H]3CC=C4CC5(CC[C@]4(C)[C@H]3CC[C@@]21C)OCCO5. The summed E-state index contributed by atoms with van der Waals surface area (Å²) >= 11 is 0. The van der Waals surface area contributed by atoms with Crippen LogP contribution in [0.5, 0.6) is 0 Å². The summed E-state index contributed by atoms with van der Waals surface area (Å²) in [6.45, 7) is 8.04. The molecule has 0 bridgehead atoms. The molecule has 1 aliphatic heterocycles. The number of allylic oxidation sites excluding steroid dienone is 1. The van der Waals surface area contributed by atoms with E-state index in [2.05, 4.69) is 31.8 Å². The third-order valence-electron chi connectivity index (χ3n) is 10.1. The minimum absolute atomic E-state index is 0.184. The molecule has 0 aromatic rings. The Balaban J connectivity index is 1.46. The fraction of sp³-hybridized carbons (Fsp3) is 0.815. The van der Waals surface area contributed by atoms with Crippen LogP contribution < -0.4 is 0 Å². The first-order valence-electron chi connectivity index (χ1n) is 12.6. The van der Waals surface area contributed by atoms with Gasteiger partial charge < -0.3 is 24.1 Å². The van der Waals surface area contributed by atoms with Crippen LogP contribution in [0.1, 0.15) is 72.1 Å². The summed E-state index contributed by atoms with van der Waals surface area (Å²) in [6.07, 6.45) is 9.95. The van der Waals surface area contributed by atoms with Gasteiger partial charge >= 0.3 is 5.97 Å². The second-order valence-electron chi connectivity index (χ2n) is 11.3. The summed E-state index contributed by atoms with van der Waals surface area (Å²) in [5.74, 6) is 5.65. The smallest absolute Gasteiger partial charge is 0.382 e. The highest BCUT2D eigenvalue weighted by atomic mass is 16.7. The number of methoxy groups -OCH3 is 1. The fourth-order valence-electron chi connectivity index (χ4n) is 8.26. The van der Waals surface area contributed by atoms with E-state index in [-0.39, 0.29) is 16.6 Å². The summed E-state index contributed by atoms with van der Waals surface area (Å²) < 4.78 is 24.0. The van der Waals surface area contributed by atoms with Gasteiger partial charge in [-0.05, 0) is 68.6 Å². The Morgan fingerprint density at radius 1 is 1.15 bits per heavy atom. The van der Waals surface area contributed by atoms with Crippen molar-refractivity contribution in [3.05, 3.63) is 11.6 Å². The lowest BCUT2D eigenvalue weighted by Crippen LogP contribution is -2.56. The Bertz CT molecular complexity index is 894. The molecule has 7 atom stereocenters. The molecular weight excluding hydrogens is 420 g/mol. The highest BCUT2D eigenvalue weighted by Gasteiger charge is 2.65. The van der Waals surface area contributed by atoms with Gasteiger partial charge in [-0.25, -0.2) is 4.79 Å². The molecule has 182 valence electrons. The van der Waals surface area contributed by atoms with Crippen LogP contribution in [-0.2, 0) is 23.7 Å². The first-order valence-corrected chi connectivity index (χ1v) is 12.6. The summed E-state index contributed by atoms with van der Waals surface area (Å²) in [6, 6.07) is 0. The molecule has 3 saturated carbocycles. The molecule has 4 fully saturated rings. The second-order valence-corrected chi connectivity index (χ2v) is 11.3. The van der Waals surface area contributed by atoms with Gasteiger partial charge in [0.05, 0.1) is 13.2 Å². The van der Waals surface area contributed by atoms with E-state index in [0.29, 0.717) is 31.0 Å². The molecule has 0 amide bonds. The van der Waals surface area contributed by atoms with Gasteiger partial charge in [0.15, 0.2) is 12.1 Å². The zero-order valence-electron chi connectivity index (χ0n) is 20.4. The Hall–Kier alpha value is -1.39.